The summed E-state index contributed by atoms with van der Waals surface area (Å²) in [5.74, 6) is 1.08. The summed E-state index contributed by atoms with van der Waals surface area (Å²) < 4.78 is 11.8. The average Bonchev–Trinajstić information content (AvgIpc) is 3.51. The number of aryl methyl sites for hydroxylation is 3. The van der Waals surface area contributed by atoms with Crippen molar-refractivity contribution >= 4 is 22.9 Å². The molecule has 0 radical (unpaired) electrons. The highest BCUT2D eigenvalue weighted by molar-refractivity contribution is 7.80. The number of allylic oxidation sites excluding steroid dienone is 1. The lowest BCUT2D eigenvalue weighted by Gasteiger charge is -2.38. The molecule has 3 heterocycles. The molecule has 0 amide bonds. The van der Waals surface area contributed by atoms with E-state index >= 15 is 0 Å². The number of nitrogens with one attached hydrogen (secondary N) is 1. The predicted octanol–water partition coefficient (Wildman–Crippen LogP) is 5.50. The van der Waals surface area contributed by atoms with Crippen LogP contribution >= 0.6 is 12.2 Å². The Morgan fingerprint density at radius 3 is 2.56 bits per heavy atom. The lowest BCUT2D eigenvalue weighted by molar-refractivity contribution is 0.0962. The van der Waals surface area contributed by atoms with Gasteiger partial charge in [0.15, 0.2) is 5.11 Å². The van der Waals surface area contributed by atoms with Crippen molar-refractivity contribution in [2.75, 3.05) is 13.2 Å². The molecule has 1 aromatic heterocycles. The molecule has 2 aliphatic heterocycles. The van der Waals surface area contributed by atoms with Gasteiger partial charge in [0.25, 0.3) is 5.89 Å². The molecule has 5 rings (SSSR count). The first-order valence-electron chi connectivity index (χ1n) is 11.8. The summed E-state index contributed by atoms with van der Waals surface area (Å²) in [5.41, 5.74) is 7.68. The van der Waals surface area contributed by atoms with E-state index in [-0.39, 0.29) is 12.1 Å². The van der Waals surface area contributed by atoms with E-state index in [1.807, 2.05) is 12.1 Å². The molecule has 6 nitrogen and oxygen atoms in total. The monoisotopic (exact) mass is 474 g/mol. The van der Waals surface area contributed by atoms with Gasteiger partial charge in [-0.05, 0) is 69.4 Å². The Kier molecular flexibility index (Phi) is 6.23. The van der Waals surface area contributed by atoms with Crippen LogP contribution in [0.5, 0.6) is 0 Å². The molecule has 1 N–H and O–H groups in total. The first kappa shape index (κ1) is 22.7. The summed E-state index contributed by atoms with van der Waals surface area (Å²) in [6.07, 6.45) is 2.30. The average molecular weight is 475 g/mol. The molecule has 2 aliphatic rings. The molecule has 3 aromatic rings. The van der Waals surface area contributed by atoms with E-state index in [0.717, 1.165) is 41.8 Å². The van der Waals surface area contributed by atoms with Crippen LogP contribution in [0.15, 0.2) is 52.7 Å². The first-order chi connectivity index (χ1) is 16.4. The highest BCUT2D eigenvalue weighted by Crippen LogP contribution is 2.38. The molecule has 0 spiro atoms. The normalized spacial score (nSPS) is 20.7. The number of aromatic nitrogens is 2. The van der Waals surface area contributed by atoms with Crippen LogP contribution in [0.25, 0.3) is 17.0 Å². The first-order valence-corrected chi connectivity index (χ1v) is 12.2. The maximum atomic E-state index is 5.90. The minimum absolute atomic E-state index is 0.167. The summed E-state index contributed by atoms with van der Waals surface area (Å²) >= 11 is 5.83. The van der Waals surface area contributed by atoms with E-state index in [1.165, 1.54) is 16.7 Å². The zero-order valence-corrected chi connectivity index (χ0v) is 20.9. The van der Waals surface area contributed by atoms with Crippen LogP contribution in [0.1, 0.15) is 54.0 Å². The third-order valence-corrected chi connectivity index (χ3v) is 7.18. The molecule has 2 atom stereocenters. The largest absolute Gasteiger partial charge is 0.376 e. The molecule has 34 heavy (non-hydrogen) atoms. The van der Waals surface area contributed by atoms with Crippen molar-refractivity contribution in [2.24, 2.45) is 0 Å². The van der Waals surface area contributed by atoms with Crippen molar-refractivity contribution < 1.29 is 9.26 Å². The van der Waals surface area contributed by atoms with Gasteiger partial charge in [-0.25, -0.2) is 0 Å². The number of ether oxygens (including phenoxy) is 1. The van der Waals surface area contributed by atoms with E-state index in [4.69, 9.17) is 26.5 Å². The van der Waals surface area contributed by atoms with Gasteiger partial charge >= 0.3 is 0 Å². The van der Waals surface area contributed by atoms with Crippen molar-refractivity contribution in [1.29, 1.82) is 0 Å². The highest BCUT2D eigenvalue weighted by atomic mass is 32.1. The molecular weight excluding hydrogens is 444 g/mol. The molecule has 176 valence electrons. The fourth-order valence-corrected chi connectivity index (χ4v) is 4.95. The van der Waals surface area contributed by atoms with Crippen LogP contribution in [-0.4, -0.2) is 39.4 Å². The fourth-order valence-electron chi connectivity index (χ4n) is 4.62. The highest BCUT2D eigenvalue weighted by Gasteiger charge is 2.35. The second kappa shape index (κ2) is 9.31. The van der Waals surface area contributed by atoms with E-state index in [9.17, 15) is 0 Å². The summed E-state index contributed by atoms with van der Waals surface area (Å²) in [5, 5.41) is 8.56. The smallest absolute Gasteiger partial charge is 0.258 e. The molecule has 1 saturated heterocycles. The van der Waals surface area contributed by atoms with E-state index in [0.29, 0.717) is 23.4 Å². The number of thiocarbonyl (C=S) groups is 1. The molecule has 1 fully saturated rings. The van der Waals surface area contributed by atoms with E-state index in [2.05, 4.69) is 73.4 Å². The second-order valence-corrected chi connectivity index (χ2v) is 9.65. The van der Waals surface area contributed by atoms with E-state index in [1.54, 1.807) is 0 Å². The predicted molar refractivity (Wildman–Crippen MR) is 137 cm³/mol. The van der Waals surface area contributed by atoms with Crippen LogP contribution < -0.4 is 5.32 Å². The number of hydrogen-bond acceptors (Lipinski definition) is 5. The van der Waals surface area contributed by atoms with Crippen LogP contribution in [0, 0.1) is 20.8 Å². The third kappa shape index (κ3) is 4.38. The molecule has 2 aromatic carbocycles. The Hall–Kier alpha value is -3.03. The Bertz CT molecular complexity index is 1240. The summed E-state index contributed by atoms with van der Waals surface area (Å²) in [6, 6.07) is 14.5. The Morgan fingerprint density at radius 1 is 1.06 bits per heavy atom. The van der Waals surface area contributed by atoms with Crippen LogP contribution in [0.2, 0.25) is 0 Å². The van der Waals surface area contributed by atoms with Crippen molar-refractivity contribution in [3.05, 3.63) is 76.3 Å². The Morgan fingerprint density at radius 2 is 1.85 bits per heavy atom. The van der Waals surface area contributed by atoms with Crippen LogP contribution in [0.4, 0.5) is 0 Å². The van der Waals surface area contributed by atoms with Gasteiger partial charge in [0, 0.05) is 17.9 Å². The molecule has 2 unspecified atom stereocenters. The lowest BCUT2D eigenvalue weighted by Crippen LogP contribution is -2.48. The maximum absolute atomic E-state index is 5.90. The molecule has 0 saturated carbocycles. The third-order valence-electron chi connectivity index (χ3n) is 6.84. The van der Waals surface area contributed by atoms with Gasteiger partial charge in [-0.15, -0.1) is 0 Å². The van der Waals surface area contributed by atoms with Gasteiger partial charge in [0.05, 0.1) is 24.3 Å². The SMILES string of the molecule is CC1=C(c2nc(-c3ccc(C)cc3)no2)C(c2ccc(C)c(C)c2)NC(=S)N1CC1CCCO1. The van der Waals surface area contributed by atoms with Crippen LogP contribution in [-0.2, 0) is 4.74 Å². The number of benzene rings is 2. The van der Waals surface area contributed by atoms with Gasteiger partial charge in [-0.2, -0.15) is 4.98 Å². The molecule has 0 aliphatic carbocycles. The lowest BCUT2D eigenvalue weighted by atomic mass is 9.92. The Balaban J connectivity index is 1.58. The van der Waals surface area contributed by atoms with Crippen molar-refractivity contribution in [1.82, 2.24) is 20.4 Å². The zero-order chi connectivity index (χ0) is 23.8. The van der Waals surface area contributed by atoms with Crippen molar-refractivity contribution in [3.8, 4) is 11.4 Å². The Labute approximate surface area is 206 Å². The second-order valence-electron chi connectivity index (χ2n) is 9.26. The minimum atomic E-state index is -0.182. The molecule has 7 heteroatoms. The fraction of sp³-hybridized carbons (Fsp3) is 0.370. The van der Waals surface area contributed by atoms with Crippen molar-refractivity contribution in [3.63, 3.8) is 0 Å². The van der Waals surface area contributed by atoms with Gasteiger partial charge in [-0.1, -0.05) is 53.2 Å². The maximum Gasteiger partial charge on any atom is 0.258 e. The van der Waals surface area contributed by atoms with Gasteiger partial charge in [0.1, 0.15) is 0 Å². The number of nitrogens with zero attached hydrogens (tertiary/aromatic N) is 3. The molecule has 0 bridgehead atoms. The van der Waals surface area contributed by atoms with E-state index < -0.39 is 0 Å². The van der Waals surface area contributed by atoms with Crippen molar-refractivity contribution in [2.45, 2.75) is 52.7 Å². The summed E-state index contributed by atoms with van der Waals surface area (Å²) in [4.78, 5) is 6.93. The summed E-state index contributed by atoms with van der Waals surface area (Å²) in [6.45, 7) is 9.91. The minimum Gasteiger partial charge on any atom is -0.376 e. The quantitative estimate of drug-likeness (QED) is 0.490. The summed E-state index contributed by atoms with van der Waals surface area (Å²) in [7, 11) is 0. The zero-order valence-electron chi connectivity index (χ0n) is 20.1. The topological polar surface area (TPSA) is 63.4 Å². The van der Waals surface area contributed by atoms with Crippen LogP contribution in [0.3, 0.4) is 0 Å². The van der Waals surface area contributed by atoms with Gasteiger partial charge < -0.3 is 19.5 Å². The van der Waals surface area contributed by atoms with Gasteiger partial charge in [0.2, 0.25) is 5.82 Å². The standard InChI is InChI=1S/C27H30N4O2S/c1-16-7-10-20(11-8-16)25-29-26(33-30-25)23-19(4)31(15-22-6-5-13-32-22)27(34)28-24(23)21-12-9-17(2)18(3)14-21/h7-12,14,22,24H,5-6,13,15H2,1-4H3,(H,28,34). The molecular formula is C27H30N4O2S. The van der Waals surface area contributed by atoms with Gasteiger partial charge in [-0.3, -0.25) is 0 Å². The number of hydrogen-bond donors (Lipinski definition) is 1. The number of rotatable bonds is 5.